The van der Waals surface area contributed by atoms with Crippen LogP contribution in [-0.4, -0.2) is 44.0 Å². The van der Waals surface area contributed by atoms with Crippen LogP contribution in [0.4, 0.5) is 0 Å². The van der Waals surface area contributed by atoms with Crippen LogP contribution in [0.1, 0.15) is 16.7 Å². The molecule has 1 saturated heterocycles. The highest BCUT2D eigenvalue weighted by Crippen LogP contribution is 2.38. The first-order chi connectivity index (χ1) is 12.1. The van der Waals surface area contributed by atoms with E-state index in [9.17, 15) is 15.3 Å². The molecule has 0 spiro atoms. The van der Waals surface area contributed by atoms with Crippen LogP contribution in [0.5, 0.6) is 0 Å². The summed E-state index contributed by atoms with van der Waals surface area (Å²) >= 11 is 2.97. The molecule has 2 aromatic rings. The molecular weight excluding hydrogens is 354 g/mol. The molecule has 25 heavy (non-hydrogen) atoms. The van der Waals surface area contributed by atoms with Gasteiger partial charge in [0, 0.05) is 10.6 Å². The van der Waals surface area contributed by atoms with Crippen molar-refractivity contribution in [1.82, 2.24) is 0 Å². The third-order valence-electron chi connectivity index (χ3n) is 4.12. The van der Waals surface area contributed by atoms with Crippen LogP contribution in [0.3, 0.4) is 0 Å². The second kappa shape index (κ2) is 8.26. The Kier molecular flexibility index (Phi) is 6.05. The topological polar surface area (TPSA) is 84.5 Å². The van der Waals surface area contributed by atoms with Gasteiger partial charge in [-0.15, -0.1) is 23.5 Å². The van der Waals surface area contributed by atoms with E-state index < -0.39 is 18.3 Å². The Morgan fingerprint density at radius 2 is 1.56 bits per heavy atom. The van der Waals surface area contributed by atoms with Crippen molar-refractivity contribution in [3.63, 3.8) is 0 Å². The number of nitrogens with zero attached hydrogens (tertiary/aromatic N) is 1. The molecule has 3 rings (SSSR count). The van der Waals surface area contributed by atoms with Gasteiger partial charge < -0.3 is 15.3 Å². The first-order valence-corrected chi connectivity index (χ1v) is 9.90. The maximum atomic E-state index is 10.1. The summed E-state index contributed by atoms with van der Waals surface area (Å²) in [4.78, 5) is 1.02. The highest BCUT2D eigenvalue weighted by Gasteiger charge is 2.37. The lowest BCUT2D eigenvalue weighted by molar-refractivity contribution is -0.0474. The van der Waals surface area contributed by atoms with Gasteiger partial charge in [0.05, 0.1) is 22.3 Å². The lowest BCUT2D eigenvalue weighted by Crippen LogP contribution is -2.47. The standard InChI is InChI=1S/C19H19NO3S2/c20-10-14-3-1-12(2-4-14)9-13-5-7-15(8-6-13)25-19-18(23)17(22)16(21)11-24-19/h1-8,16-19,21-23H,9,11H2/t16-,17+,18-,19+/m1/s1. The Morgan fingerprint density at radius 1 is 0.960 bits per heavy atom. The Bertz CT molecular complexity index is 743. The van der Waals surface area contributed by atoms with E-state index in [-0.39, 0.29) is 4.58 Å². The number of aliphatic hydroxyl groups excluding tert-OH is 3. The van der Waals surface area contributed by atoms with E-state index in [1.807, 2.05) is 48.5 Å². The molecule has 1 aliphatic heterocycles. The van der Waals surface area contributed by atoms with Crippen molar-refractivity contribution >= 4 is 23.5 Å². The summed E-state index contributed by atoms with van der Waals surface area (Å²) in [5, 5.41) is 38.3. The van der Waals surface area contributed by atoms with Crippen LogP contribution >= 0.6 is 23.5 Å². The number of hydrogen-bond donors (Lipinski definition) is 3. The van der Waals surface area contributed by atoms with Crippen LogP contribution < -0.4 is 0 Å². The highest BCUT2D eigenvalue weighted by molar-refractivity contribution is 8.17. The average Bonchev–Trinajstić information content (AvgIpc) is 2.64. The quantitative estimate of drug-likeness (QED) is 0.763. The van der Waals surface area contributed by atoms with Gasteiger partial charge in [-0.05, 0) is 41.8 Å². The lowest BCUT2D eigenvalue weighted by atomic mass is 10.0. The fourth-order valence-corrected chi connectivity index (χ4v) is 5.28. The van der Waals surface area contributed by atoms with Crippen LogP contribution in [0.15, 0.2) is 53.4 Å². The van der Waals surface area contributed by atoms with Crippen molar-refractivity contribution in [1.29, 1.82) is 5.26 Å². The van der Waals surface area contributed by atoms with E-state index in [4.69, 9.17) is 5.26 Å². The van der Waals surface area contributed by atoms with E-state index in [0.717, 1.165) is 16.9 Å². The Hall–Kier alpha value is -1.49. The van der Waals surface area contributed by atoms with Crippen molar-refractivity contribution in [3.05, 3.63) is 65.2 Å². The summed E-state index contributed by atoms with van der Waals surface area (Å²) < 4.78 is -0.192. The van der Waals surface area contributed by atoms with Gasteiger partial charge in [-0.3, -0.25) is 0 Å². The molecule has 1 fully saturated rings. The SMILES string of the molecule is N#Cc1ccc(Cc2ccc(S[C@@H]3SC[C@@H](O)[C@H](O)[C@H]3O)cc2)cc1. The molecule has 0 saturated carbocycles. The van der Waals surface area contributed by atoms with Crippen molar-refractivity contribution in [2.75, 3.05) is 5.75 Å². The molecule has 1 heterocycles. The van der Waals surface area contributed by atoms with E-state index >= 15 is 0 Å². The molecule has 0 aliphatic carbocycles. The zero-order valence-electron chi connectivity index (χ0n) is 13.4. The van der Waals surface area contributed by atoms with Gasteiger partial charge in [-0.2, -0.15) is 5.26 Å². The minimum absolute atomic E-state index is 0.192. The summed E-state index contributed by atoms with van der Waals surface area (Å²) in [6, 6.07) is 17.8. The summed E-state index contributed by atoms with van der Waals surface area (Å²) in [7, 11) is 0. The maximum absolute atomic E-state index is 10.1. The summed E-state index contributed by atoms with van der Waals surface area (Å²) in [5.41, 5.74) is 2.97. The van der Waals surface area contributed by atoms with Gasteiger partial charge in [-0.25, -0.2) is 0 Å². The van der Waals surface area contributed by atoms with Crippen LogP contribution in [0, 0.1) is 11.3 Å². The minimum Gasteiger partial charge on any atom is -0.389 e. The van der Waals surface area contributed by atoms with Gasteiger partial charge in [0.15, 0.2) is 0 Å². The first kappa shape index (κ1) is 18.3. The van der Waals surface area contributed by atoms with E-state index in [1.165, 1.54) is 29.1 Å². The number of rotatable bonds is 4. The third kappa shape index (κ3) is 4.57. The van der Waals surface area contributed by atoms with Gasteiger partial charge in [0.2, 0.25) is 0 Å². The van der Waals surface area contributed by atoms with Crippen molar-refractivity contribution < 1.29 is 15.3 Å². The molecule has 0 unspecified atom stereocenters. The number of aliphatic hydroxyl groups is 3. The molecule has 1 aliphatic rings. The predicted octanol–water partition coefficient (Wildman–Crippen LogP) is 2.40. The molecule has 3 N–H and O–H groups in total. The second-order valence-electron chi connectivity index (χ2n) is 6.00. The highest BCUT2D eigenvalue weighted by atomic mass is 32.2. The number of benzene rings is 2. The first-order valence-electron chi connectivity index (χ1n) is 7.97. The number of nitriles is 1. The van der Waals surface area contributed by atoms with Crippen LogP contribution in [0.25, 0.3) is 0 Å². The van der Waals surface area contributed by atoms with Gasteiger partial charge >= 0.3 is 0 Å². The molecule has 130 valence electrons. The second-order valence-corrected chi connectivity index (χ2v) is 8.69. The van der Waals surface area contributed by atoms with E-state index in [0.29, 0.717) is 11.3 Å². The van der Waals surface area contributed by atoms with Crippen molar-refractivity contribution in [3.8, 4) is 6.07 Å². The average molecular weight is 373 g/mol. The van der Waals surface area contributed by atoms with Crippen molar-refractivity contribution in [2.24, 2.45) is 0 Å². The van der Waals surface area contributed by atoms with Crippen LogP contribution in [0.2, 0.25) is 0 Å². The predicted molar refractivity (Wildman–Crippen MR) is 101 cm³/mol. The van der Waals surface area contributed by atoms with Crippen LogP contribution in [-0.2, 0) is 6.42 Å². The molecule has 6 heteroatoms. The molecule has 4 atom stereocenters. The fourth-order valence-electron chi connectivity index (χ4n) is 2.64. The lowest BCUT2D eigenvalue weighted by Gasteiger charge is -2.34. The Balaban J connectivity index is 1.61. The number of hydrogen-bond acceptors (Lipinski definition) is 6. The number of thioether (sulfide) groups is 2. The molecule has 2 aromatic carbocycles. The van der Waals surface area contributed by atoms with Gasteiger partial charge in [-0.1, -0.05) is 24.3 Å². The summed E-state index contributed by atoms with van der Waals surface area (Å²) in [6.45, 7) is 0. The summed E-state index contributed by atoms with van der Waals surface area (Å²) in [6.07, 6.45) is -2.11. The molecule has 0 amide bonds. The zero-order chi connectivity index (χ0) is 17.8. The fraction of sp³-hybridized carbons (Fsp3) is 0.316. The monoisotopic (exact) mass is 373 g/mol. The minimum atomic E-state index is -1.09. The molecule has 0 aromatic heterocycles. The smallest absolute Gasteiger partial charge is 0.108 e. The van der Waals surface area contributed by atoms with Gasteiger partial charge in [0.25, 0.3) is 0 Å². The zero-order valence-corrected chi connectivity index (χ0v) is 15.1. The molecule has 0 bridgehead atoms. The Morgan fingerprint density at radius 3 is 2.16 bits per heavy atom. The normalized spacial score (nSPS) is 26.2. The summed E-state index contributed by atoms with van der Waals surface area (Å²) in [5.74, 6) is 0.423. The van der Waals surface area contributed by atoms with Gasteiger partial charge in [0.1, 0.15) is 12.2 Å². The molecular formula is C19H19NO3S2. The molecule has 0 radical (unpaired) electrons. The van der Waals surface area contributed by atoms with E-state index in [2.05, 4.69) is 6.07 Å². The van der Waals surface area contributed by atoms with Crippen molar-refractivity contribution in [2.45, 2.75) is 34.2 Å². The largest absolute Gasteiger partial charge is 0.389 e. The van der Waals surface area contributed by atoms with E-state index in [1.54, 1.807) is 0 Å². The molecule has 4 nitrogen and oxygen atoms in total. The Labute approximate surface area is 155 Å². The maximum Gasteiger partial charge on any atom is 0.108 e. The third-order valence-corrected chi connectivity index (χ3v) is 7.01.